The van der Waals surface area contributed by atoms with E-state index in [1.165, 1.54) is 11.1 Å². The molecule has 0 radical (unpaired) electrons. The fraction of sp³-hybridized carbons (Fsp3) is 0.350. The molecule has 0 fully saturated rings. The average molecular weight is 379 g/mol. The molecule has 3 aromatic rings. The molecule has 8 heteroatoms. The van der Waals surface area contributed by atoms with E-state index in [-0.39, 0.29) is 11.7 Å². The molecule has 0 unspecified atom stereocenters. The van der Waals surface area contributed by atoms with Crippen molar-refractivity contribution in [2.75, 3.05) is 31.7 Å². The molecular formula is C20H25N7O. The van der Waals surface area contributed by atoms with Crippen molar-refractivity contribution in [3.63, 3.8) is 0 Å². The molecule has 2 aromatic heterocycles. The van der Waals surface area contributed by atoms with Gasteiger partial charge in [0.2, 0.25) is 0 Å². The molecule has 146 valence electrons. The first kappa shape index (κ1) is 18.2. The molecule has 1 aliphatic heterocycles. The predicted octanol–water partition coefficient (Wildman–Crippen LogP) is 2.76. The molecule has 0 bridgehead atoms. The van der Waals surface area contributed by atoms with Gasteiger partial charge in [-0.05, 0) is 43.7 Å². The van der Waals surface area contributed by atoms with Crippen LogP contribution in [0.5, 0.6) is 11.6 Å². The normalized spacial score (nSPS) is 14.0. The minimum atomic E-state index is 0.250. The second kappa shape index (κ2) is 7.47. The lowest BCUT2D eigenvalue weighted by molar-refractivity contribution is 0.313. The summed E-state index contributed by atoms with van der Waals surface area (Å²) < 4.78 is 7.61. The zero-order valence-corrected chi connectivity index (χ0v) is 16.4. The summed E-state index contributed by atoms with van der Waals surface area (Å²) in [6, 6.07) is 4.30. The van der Waals surface area contributed by atoms with Crippen molar-refractivity contribution in [3.8, 4) is 22.9 Å². The number of fused-ring (bicyclic) bond motifs is 1. The maximum absolute atomic E-state index is 5.99. The number of aromatic nitrogens is 4. The number of nitrogens with zero attached hydrogens (tertiary/aromatic N) is 5. The van der Waals surface area contributed by atoms with E-state index >= 15 is 0 Å². The van der Waals surface area contributed by atoms with Gasteiger partial charge in [-0.1, -0.05) is 0 Å². The van der Waals surface area contributed by atoms with E-state index < -0.39 is 0 Å². The molecule has 0 atom stereocenters. The third kappa shape index (κ3) is 3.50. The number of anilines is 2. The number of benzene rings is 1. The van der Waals surface area contributed by atoms with Gasteiger partial charge in [0.05, 0.1) is 24.3 Å². The second-order valence-electron chi connectivity index (χ2n) is 6.98. The quantitative estimate of drug-likeness (QED) is 0.704. The predicted molar refractivity (Wildman–Crippen MR) is 109 cm³/mol. The summed E-state index contributed by atoms with van der Waals surface area (Å²) in [7, 11) is 4.09. The van der Waals surface area contributed by atoms with Crippen molar-refractivity contribution in [2.24, 2.45) is 0 Å². The van der Waals surface area contributed by atoms with Crippen molar-refractivity contribution in [1.29, 1.82) is 0 Å². The molecule has 1 aliphatic rings. The van der Waals surface area contributed by atoms with E-state index in [1.807, 2.05) is 20.2 Å². The Morgan fingerprint density at radius 1 is 1.29 bits per heavy atom. The molecule has 8 nitrogen and oxygen atoms in total. The summed E-state index contributed by atoms with van der Waals surface area (Å²) in [5, 5.41) is 7.53. The van der Waals surface area contributed by atoms with Crippen molar-refractivity contribution in [1.82, 2.24) is 24.6 Å². The van der Waals surface area contributed by atoms with Gasteiger partial charge in [-0.25, -0.2) is 9.97 Å². The van der Waals surface area contributed by atoms with Crippen LogP contribution in [0.3, 0.4) is 0 Å². The Hall–Kier alpha value is -3.13. The number of rotatable bonds is 5. The Morgan fingerprint density at radius 2 is 2.14 bits per heavy atom. The number of likely N-dealkylation sites (N-methyl/N-ethyl adjacent to an activating group) is 1. The number of nitrogens with two attached hydrogens (primary N) is 1. The molecule has 0 aliphatic carbocycles. The first-order valence-electron chi connectivity index (χ1n) is 9.42. The van der Waals surface area contributed by atoms with Gasteiger partial charge < -0.3 is 20.7 Å². The Morgan fingerprint density at radius 3 is 2.89 bits per heavy atom. The van der Waals surface area contributed by atoms with Crippen LogP contribution in [0.2, 0.25) is 0 Å². The fourth-order valence-corrected chi connectivity index (χ4v) is 3.49. The Kier molecular flexibility index (Phi) is 4.87. The van der Waals surface area contributed by atoms with E-state index in [0.29, 0.717) is 5.75 Å². The number of nitrogens with one attached hydrogen (secondary N) is 1. The zero-order chi connectivity index (χ0) is 19.7. The smallest absolute Gasteiger partial charge is 0.263 e. The monoisotopic (exact) mass is 379 g/mol. The second-order valence-corrected chi connectivity index (χ2v) is 6.98. The lowest BCUT2D eigenvalue weighted by Gasteiger charge is -2.27. The number of aryl methyl sites for hydroxylation is 1. The molecule has 0 spiro atoms. The maximum Gasteiger partial charge on any atom is 0.263 e. The fourth-order valence-electron chi connectivity index (χ4n) is 3.49. The van der Waals surface area contributed by atoms with Gasteiger partial charge in [0.1, 0.15) is 0 Å². The molecule has 0 amide bonds. The lowest BCUT2D eigenvalue weighted by Crippen LogP contribution is -2.27. The Balaban J connectivity index is 1.70. The van der Waals surface area contributed by atoms with Crippen molar-refractivity contribution >= 4 is 11.5 Å². The minimum absolute atomic E-state index is 0.250. The van der Waals surface area contributed by atoms with Gasteiger partial charge >= 0.3 is 0 Å². The topological polar surface area (TPSA) is 94.1 Å². The van der Waals surface area contributed by atoms with Crippen LogP contribution in [-0.4, -0.2) is 45.3 Å². The summed E-state index contributed by atoms with van der Waals surface area (Å²) in [5.74, 6) is 1.12. The summed E-state index contributed by atoms with van der Waals surface area (Å²) >= 11 is 0. The first-order valence-corrected chi connectivity index (χ1v) is 9.42. The SMILES string of the molecule is CCn1cc(Oc2nc(-c3cc4c(c(NC)c3)CCN(C)C4)cnc2N)cn1. The van der Waals surface area contributed by atoms with Crippen molar-refractivity contribution < 1.29 is 4.74 Å². The Bertz CT molecular complexity index is 998. The van der Waals surface area contributed by atoms with Crippen LogP contribution in [0.4, 0.5) is 11.5 Å². The van der Waals surface area contributed by atoms with Gasteiger partial charge in [-0.2, -0.15) is 5.10 Å². The standard InChI is InChI=1S/C20H25N7O/c1-4-27-12-15(9-24-27)28-20-19(21)23-10-18(25-20)13-7-14-11-26(3)6-5-16(14)17(8-13)22-2/h7-10,12,22H,4-6,11H2,1-3H3,(H2,21,23). The lowest BCUT2D eigenvalue weighted by atomic mass is 9.94. The van der Waals surface area contributed by atoms with E-state index in [4.69, 9.17) is 10.5 Å². The van der Waals surface area contributed by atoms with Gasteiger partial charge in [-0.3, -0.25) is 4.68 Å². The van der Waals surface area contributed by atoms with Crippen molar-refractivity contribution in [2.45, 2.75) is 26.4 Å². The zero-order valence-electron chi connectivity index (χ0n) is 16.4. The van der Waals surface area contributed by atoms with Crippen molar-refractivity contribution in [3.05, 3.63) is 41.9 Å². The average Bonchev–Trinajstić information content (AvgIpc) is 3.16. The van der Waals surface area contributed by atoms with E-state index in [1.54, 1.807) is 17.1 Å². The molecule has 0 saturated heterocycles. The number of nitrogen functional groups attached to an aromatic ring is 1. The molecule has 0 saturated carbocycles. The van der Waals surface area contributed by atoms with Crippen LogP contribution < -0.4 is 15.8 Å². The molecule has 3 heterocycles. The number of hydrogen-bond acceptors (Lipinski definition) is 7. The molecule has 28 heavy (non-hydrogen) atoms. The molecular weight excluding hydrogens is 354 g/mol. The summed E-state index contributed by atoms with van der Waals surface area (Å²) in [6.07, 6.45) is 6.17. The van der Waals surface area contributed by atoms with Crippen LogP contribution in [-0.2, 0) is 19.5 Å². The first-order chi connectivity index (χ1) is 13.6. The van der Waals surface area contributed by atoms with Crippen LogP contribution in [0.1, 0.15) is 18.1 Å². The van der Waals surface area contributed by atoms with E-state index in [0.717, 1.165) is 43.0 Å². The van der Waals surface area contributed by atoms with Gasteiger partial charge in [0.25, 0.3) is 5.88 Å². The van der Waals surface area contributed by atoms with E-state index in [9.17, 15) is 0 Å². The highest BCUT2D eigenvalue weighted by molar-refractivity contribution is 5.70. The molecule has 4 rings (SSSR count). The summed E-state index contributed by atoms with van der Waals surface area (Å²) in [4.78, 5) is 11.2. The van der Waals surface area contributed by atoms with Crippen LogP contribution in [0.25, 0.3) is 11.3 Å². The maximum atomic E-state index is 5.99. The summed E-state index contributed by atoms with van der Waals surface area (Å²) in [6.45, 7) is 4.76. The minimum Gasteiger partial charge on any atom is -0.433 e. The highest BCUT2D eigenvalue weighted by atomic mass is 16.5. The third-order valence-electron chi connectivity index (χ3n) is 5.01. The molecule has 3 N–H and O–H groups in total. The summed E-state index contributed by atoms with van der Waals surface area (Å²) in [5.41, 5.74) is 11.5. The third-order valence-corrected chi connectivity index (χ3v) is 5.01. The van der Waals surface area contributed by atoms with Crippen LogP contribution in [0.15, 0.2) is 30.7 Å². The largest absolute Gasteiger partial charge is 0.433 e. The highest BCUT2D eigenvalue weighted by Crippen LogP contribution is 2.33. The van der Waals surface area contributed by atoms with Gasteiger partial charge in [-0.15, -0.1) is 0 Å². The highest BCUT2D eigenvalue weighted by Gasteiger charge is 2.19. The number of ether oxygens (including phenoxy) is 1. The van der Waals surface area contributed by atoms with Crippen LogP contribution in [0, 0.1) is 0 Å². The van der Waals surface area contributed by atoms with Gasteiger partial charge in [0.15, 0.2) is 11.6 Å². The van der Waals surface area contributed by atoms with E-state index in [2.05, 4.69) is 44.5 Å². The van der Waals surface area contributed by atoms with Crippen LogP contribution >= 0.6 is 0 Å². The Labute approximate surface area is 164 Å². The van der Waals surface area contributed by atoms with Gasteiger partial charge in [0, 0.05) is 37.9 Å². The number of hydrogen-bond donors (Lipinski definition) is 2. The molecule has 1 aromatic carbocycles.